The smallest absolute Gasteiger partial charge is 0.243 e. The fraction of sp³-hybridized carbons (Fsp3) is 0.462. The van der Waals surface area contributed by atoms with Crippen LogP contribution in [0.15, 0.2) is 29.2 Å². The van der Waals surface area contributed by atoms with Gasteiger partial charge in [-0.2, -0.15) is 4.31 Å². The molecule has 1 fully saturated rings. The fourth-order valence-corrected chi connectivity index (χ4v) is 3.00. The molecule has 110 valence electrons. The average Bonchev–Trinajstić information content (AvgIpc) is 3.22. The van der Waals surface area contributed by atoms with Gasteiger partial charge in [-0.25, -0.2) is 8.42 Å². The summed E-state index contributed by atoms with van der Waals surface area (Å²) in [6.07, 6.45) is 1.95. The van der Waals surface area contributed by atoms with E-state index in [1.54, 1.807) is 12.1 Å². The fourth-order valence-electron chi connectivity index (χ4n) is 1.80. The van der Waals surface area contributed by atoms with Crippen molar-refractivity contribution in [2.45, 2.75) is 30.3 Å². The van der Waals surface area contributed by atoms with Gasteiger partial charge in [0.1, 0.15) is 0 Å². The molecule has 1 aromatic rings. The Bertz CT molecular complexity index is 597. The van der Waals surface area contributed by atoms with Gasteiger partial charge in [0, 0.05) is 19.6 Å². The van der Waals surface area contributed by atoms with Crippen molar-refractivity contribution < 1.29 is 13.2 Å². The highest BCUT2D eigenvalue weighted by atomic mass is 32.2. The molecule has 0 unspecified atom stereocenters. The summed E-state index contributed by atoms with van der Waals surface area (Å²) >= 11 is 0. The van der Waals surface area contributed by atoms with Gasteiger partial charge >= 0.3 is 0 Å². The number of nitrogens with two attached hydrogens (primary N) is 1. The minimum Gasteiger partial charge on any atom is -0.352 e. The Morgan fingerprint density at radius 3 is 2.75 bits per heavy atom. The minimum absolute atomic E-state index is 0.155. The van der Waals surface area contributed by atoms with E-state index in [2.05, 4.69) is 5.32 Å². The van der Waals surface area contributed by atoms with Crippen LogP contribution in [-0.4, -0.2) is 38.3 Å². The first-order valence-electron chi connectivity index (χ1n) is 6.48. The Hall–Kier alpha value is -1.44. The lowest BCUT2D eigenvalue weighted by Gasteiger charge is -2.17. The molecule has 7 heteroatoms. The molecule has 1 amide bonds. The van der Waals surface area contributed by atoms with E-state index >= 15 is 0 Å². The number of nitrogens with one attached hydrogen (secondary N) is 1. The molecule has 6 nitrogen and oxygen atoms in total. The second-order valence-electron chi connectivity index (χ2n) is 4.95. The SMILES string of the molecule is CN(CC(=O)NC1CC1)S(=O)(=O)c1cccc(CN)c1. The molecule has 0 atom stereocenters. The Morgan fingerprint density at radius 2 is 2.15 bits per heavy atom. The molecule has 0 aromatic heterocycles. The third-order valence-corrected chi connectivity index (χ3v) is 4.95. The maximum absolute atomic E-state index is 12.3. The van der Waals surface area contributed by atoms with Crippen LogP contribution in [-0.2, 0) is 21.4 Å². The van der Waals surface area contributed by atoms with E-state index in [4.69, 9.17) is 5.73 Å². The zero-order chi connectivity index (χ0) is 14.8. The number of nitrogens with zero attached hydrogens (tertiary/aromatic N) is 1. The molecular formula is C13H19N3O3S. The summed E-state index contributed by atoms with van der Waals surface area (Å²) in [5.74, 6) is -0.270. The lowest BCUT2D eigenvalue weighted by Crippen LogP contribution is -2.39. The van der Waals surface area contributed by atoms with Crippen molar-refractivity contribution in [3.8, 4) is 0 Å². The van der Waals surface area contributed by atoms with Gasteiger partial charge in [0.2, 0.25) is 15.9 Å². The number of carbonyl (C=O) groups is 1. The van der Waals surface area contributed by atoms with E-state index in [1.807, 2.05) is 0 Å². The molecule has 1 saturated carbocycles. The van der Waals surface area contributed by atoms with Gasteiger partial charge in [-0.15, -0.1) is 0 Å². The number of likely N-dealkylation sites (N-methyl/N-ethyl adjacent to an activating group) is 1. The van der Waals surface area contributed by atoms with Crippen molar-refractivity contribution in [3.05, 3.63) is 29.8 Å². The second-order valence-corrected chi connectivity index (χ2v) is 7.00. The summed E-state index contributed by atoms with van der Waals surface area (Å²) < 4.78 is 25.7. The van der Waals surface area contributed by atoms with Gasteiger partial charge in [-0.3, -0.25) is 4.79 Å². The number of rotatable bonds is 6. The summed E-state index contributed by atoms with van der Waals surface area (Å²) in [6.45, 7) is 0.0981. The molecule has 0 bridgehead atoms. The van der Waals surface area contributed by atoms with Crippen LogP contribution < -0.4 is 11.1 Å². The quantitative estimate of drug-likeness (QED) is 0.775. The lowest BCUT2D eigenvalue weighted by molar-refractivity contribution is -0.121. The standard InChI is InChI=1S/C13H19N3O3S/c1-16(9-13(17)15-11-5-6-11)20(18,19)12-4-2-3-10(7-12)8-14/h2-4,7,11H,5-6,8-9,14H2,1H3,(H,15,17). The first-order chi connectivity index (χ1) is 9.43. The molecule has 20 heavy (non-hydrogen) atoms. The van der Waals surface area contributed by atoms with E-state index in [9.17, 15) is 13.2 Å². The minimum atomic E-state index is -3.67. The van der Waals surface area contributed by atoms with Gasteiger partial charge in [0.25, 0.3) is 0 Å². The molecule has 0 radical (unpaired) electrons. The monoisotopic (exact) mass is 297 g/mol. The van der Waals surface area contributed by atoms with E-state index < -0.39 is 10.0 Å². The van der Waals surface area contributed by atoms with Crippen LogP contribution >= 0.6 is 0 Å². The van der Waals surface area contributed by atoms with Crippen molar-refractivity contribution in [1.82, 2.24) is 9.62 Å². The molecule has 2 rings (SSSR count). The summed E-state index contributed by atoms with van der Waals surface area (Å²) in [5.41, 5.74) is 6.25. The number of amides is 1. The van der Waals surface area contributed by atoms with Crippen molar-refractivity contribution >= 4 is 15.9 Å². The van der Waals surface area contributed by atoms with Crippen molar-refractivity contribution in [1.29, 1.82) is 0 Å². The third kappa shape index (κ3) is 3.56. The highest BCUT2D eigenvalue weighted by Crippen LogP contribution is 2.19. The van der Waals surface area contributed by atoms with Crippen LogP contribution in [0.1, 0.15) is 18.4 Å². The van der Waals surface area contributed by atoms with E-state index in [1.165, 1.54) is 19.2 Å². The Labute approximate surface area is 119 Å². The number of hydrogen-bond acceptors (Lipinski definition) is 4. The second kappa shape index (κ2) is 5.90. The summed E-state index contributed by atoms with van der Waals surface area (Å²) in [6, 6.07) is 6.67. The molecule has 1 aliphatic carbocycles. The molecule has 0 spiro atoms. The van der Waals surface area contributed by atoms with Crippen molar-refractivity contribution in [3.63, 3.8) is 0 Å². The van der Waals surface area contributed by atoms with E-state index in [-0.39, 0.29) is 29.9 Å². The van der Waals surface area contributed by atoms with Gasteiger partial charge < -0.3 is 11.1 Å². The first kappa shape index (κ1) is 15.0. The van der Waals surface area contributed by atoms with Gasteiger partial charge in [-0.05, 0) is 30.5 Å². The lowest BCUT2D eigenvalue weighted by atomic mass is 10.2. The van der Waals surface area contributed by atoms with Gasteiger partial charge in [0.15, 0.2) is 0 Å². The molecule has 3 N–H and O–H groups in total. The number of sulfonamides is 1. The predicted octanol–water partition coefficient (Wildman–Crippen LogP) is 0.0444. The van der Waals surface area contributed by atoms with E-state index in [0.717, 1.165) is 22.7 Å². The van der Waals surface area contributed by atoms with Crippen LogP contribution in [0.3, 0.4) is 0 Å². The zero-order valence-corrected chi connectivity index (χ0v) is 12.2. The molecular weight excluding hydrogens is 278 g/mol. The van der Waals surface area contributed by atoms with E-state index in [0.29, 0.717) is 0 Å². The van der Waals surface area contributed by atoms with Gasteiger partial charge in [-0.1, -0.05) is 12.1 Å². The number of carbonyl (C=O) groups excluding carboxylic acids is 1. The maximum atomic E-state index is 12.3. The molecule has 0 saturated heterocycles. The molecule has 1 aliphatic rings. The van der Waals surface area contributed by atoms with Crippen LogP contribution in [0, 0.1) is 0 Å². The Kier molecular flexibility index (Phi) is 4.42. The molecule has 0 aliphatic heterocycles. The first-order valence-corrected chi connectivity index (χ1v) is 7.92. The largest absolute Gasteiger partial charge is 0.352 e. The van der Waals surface area contributed by atoms with Crippen molar-refractivity contribution in [2.75, 3.05) is 13.6 Å². The van der Waals surface area contributed by atoms with Crippen LogP contribution in [0.2, 0.25) is 0 Å². The highest BCUT2D eigenvalue weighted by molar-refractivity contribution is 7.89. The number of benzene rings is 1. The third-order valence-electron chi connectivity index (χ3n) is 3.15. The summed E-state index contributed by atoms with van der Waals surface area (Å²) in [5, 5.41) is 2.77. The number of hydrogen-bond donors (Lipinski definition) is 2. The highest BCUT2D eigenvalue weighted by Gasteiger charge is 2.27. The molecule has 1 aromatic carbocycles. The Balaban J connectivity index is 2.09. The zero-order valence-electron chi connectivity index (χ0n) is 11.4. The van der Waals surface area contributed by atoms with Crippen LogP contribution in [0.5, 0.6) is 0 Å². The summed E-state index contributed by atoms with van der Waals surface area (Å²) in [7, 11) is -2.27. The average molecular weight is 297 g/mol. The van der Waals surface area contributed by atoms with Crippen LogP contribution in [0.4, 0.5) is 0 Å². The van der Waals surface area contributed by atoms with Crippen molar-refractivity contribution in [2.24, 2.45) is 5.73 Å². The predicted molar refractivity (Wildman–Crippen MR) is 75.3 cm³/mol. The van der Waals surface area contributed by atoms with Gasteiger partial charge in [0.05, 0.1) is 11.4 Å². The summed E-state index contributed by atoms with van der Waals surface area (Å²) in [4.78, 5) is 11.8. The molecule has 0 heterocycles. The topological polar surface area (TPSA) is 92.5 Å². The van der Waals surface area contributed by atoms with Crippen LogP contribution in [0.25, 0.3) is 0 Å². The Morgan fingerprint density at radius 1 is 1.45 bits per heavy atom. The maximum Gasteiger partial charge on any atom is 0.243 e. The normalized spacial score (nSPS) is 15.3.